The Morgan fingerprint density at radius 1 is 1.20 bits per heavy atom. The molecule has 1 amide bonds. The molecule has 0 heterocycles. The first-order valence-electron chi connectivity index (χ1n) is 6.18. The van der Waals surface area contributed by atoms with Crippen molar-refractivity contribution in [1.29, 1.82) is 0 Å². The second-order valence-electron chi connectivity index (χ2n) is 4.20. The van der Waals surface area contributed by atoms with E-state index in [1.54, 1.807) is 18.2 Å². The van der Waals surface area contributed by atoms with Crippen LogP contribution < -0.4 is 15.8 Å². The van der Waals surface area contributed by atoms with E-state index in [1.807, 2.05) is 30.3 Å². The molecule has 0 fully saturated rings. The van der Waals surface area contributed by atoms with Gasteiger partial charge in [0.1, 0.15) is 5.75 Å². The molecule has 3 N–H and O–H groups in total. The number of para-hydroxylation sites is 1. The molecule has 104 valence electrons. The number of amides is 1. The monoisotopic (exact) mass is 290 g/mol. The molecule has 2 rings (SSSR count). The Balaban J connectivity index is 1.79. The van der Waals surface area contributed by atoms with Crippen LogP contribution in [-0.4, -0.2) is 12.5 Å². The second kappa shape index (κ2) is 6.82. The van der Waals surface area contributed by atoms with Gasteiger partial charge < -0.3 is 15.8 Å². The van der Waals surface area contributed by atoms with Gasteiger partial charge in [0.05, 0.1) is 23.7 Å². The van der Waals surface area contributed by atoms with E-state index in [2.05, 4.69) is 5.32 Å². The Morgan fingerprint density at radius 3 is 2.65 bits per heavy atom. The largest absolute Gasteiger partial charge is 0.493 e. The molecule has 2 aromatic carbocycles. The third-order valence-electron chi connectivity index (χ3n) is 2.63. The van der Waals surface area contributed by atoms with Crippen molar-refractivity contribution in [3.63, 3.8) is 0 Å². The molecule has 0 bridgehead atoms. The minimum Gasteiger partial charge on any atom is -0.493 e. The summed E-state index contributed by atoms with van der Waals surface area (Å²) >= 11 is 5.88. The maximum atomic E-state index is 11.7. The number of hydrogen-bond acceptors (Lipinski definition) is 3. The summed E-state index contributed by atoms with van der Waals surface area (Å²) < 4.78 is 5.45. The van der Waals surface area contributed by atoms with Crippen molar-refractivity contribution in [1.82, 2.24) is 0 Å². The van der Waals surface area contributed by atoms with Gasteiger partial charge >= 0.3 is 0 Å². The summed E-state index contributed by atoms with van der Waals surface area (Å²) in [6.07, 6.45) is 0.261. The van der Waals surface area contributed by atoms with Crippen LogP contribution in [0.25, 0.3) is 0 Å². The van der Waals surface area contributed by atoms with Gasteiger partial charge in [0.15, 0.2) is 0 Å². The van der Waals surface area contributed by atoms with Gasteiger partial charge in [-0.15, -0.1) is 0 Å². The molecular weight excluding hydrogens is 276 g/mol. The first-order valence-corrected chi connectivity index (χ1v) is 6.55. The average molecular weight is 291 g/mol. The Morgan fingerprint density at radius 2 is 1.95 bits per heavy atom. The summed E-state index contributed by atoms with van der Waals surface area (Å²) in [5, 5.41) is 3.16. The number of carbonyl (C=O) groups is 1. The lowest BCUT2D eigenvalue weighted by molar-refractivity contribution is -0.116. The number of anilines is 2. The van der Waals surface area contributed by atoms with Crippen LogP contribution in [0, 0.1) is 0 Å². The lowest BCUT2D eigenvalue weighted by Gasteiger charge is -2.08. The fraction of sp³-hybridized carbons (Fsp3) is 0.133. The molecular formula is C15H15ClN2O2. The lowest BCUT2D eigenvalue weighted by atomic mass is 10.2. The standard InChI is InChI=1S/C15H15ClN2O2/c16-13-10-11(6-7-14(13)17)18-15(19)8-9-20-12-4-2-1-3-5-12/h1-7,10H,8-9,17H2,(H,18,19). The Hall–Kier alpha value is -2.20. The summed E-state index contributed by atoms with van der Waals surface area (Å²) in [6, 6.07) is 14.3. The third-order valence-corrected chi connectivity index (χ3v) is 2.95. The van der Waals surface area contributed by atoms with Gasteiger partial charge in [0, 0.05) is 5.69 Å². The highest BCUT2D eigenvalue weighted by molar-refractivity contribution is 6.33. The van der Waals surface area contributed by atoms with Gasteiger partial charge in [0.25, 0.3) is 0 Å². The van der Waals surface area contributed by atoms with E-state index in [0.717, 1.165) is 5.75 Å². The molecule has 0 spiro atoms. The maximum Gasteiger partial charge on any atom is 0.227 e. The Labute approximate surface area is 122 Å². The molecule has 2 aromatic rings. The molecule has 0 atom stereocenters. The number of ether oxygens (including phenoxy) is 1. The van der Waals surface area contributed by atoms with E-state index in [-0.39, 0.29) is 12.3 Å². The molecule has 20 heavy (non-hydrogen) atoms. The fourth-order valence-electron chi connectivity index (χ4n) is 1.61. The smallest absolute Gasteiger partial charge is 0.227 e. The Kier molecular flexibility index (Phi) is 4.85. The minimum atomic E-state index is -0.137. The first kappa shape index (κ1) is 14.2. The predicted octanol–water partition coefficient (Wildman–Crippen LogP) is 3.33. The number of benzene rings is 2. The van der Waals surface area contributed by atoms with Crippen LogP contribution in [0.4, 0.5) is 11.4 Å². The van der Waals surface area contributed by atoms with Gasteiger partial charge in [-0.25, -0.2) is 0 Å². The van der Waals surface area contributed by atoms with Crippen molar-refractivity contribution >= 4 is 28.9 Å². The quantitative estimate of drug-likeness (QED) is 0.830. The van der Waals surface area contributed by atoms with E-state index in [4.69, 9.17) is 22.1 Å². The number of hydrogen-bond donors (Lipinski definition) is 2. The second-order valence-corrected chi connectivity index (χ2v) is 4.60. The van der Waals surface area contributed by atoms with Crippen LogP contribution in [0.15, 0.2) is 48.5 Å². The molecule has 0 unspecified atom stereocenters. The number of halogens is 1. The number of carbonyl (C=O) groups excluding carboxylic acids is 1. The van der Waals surface area contributed by atoms with Crippen molar-refractivity contribution in [2.45, 2.75) is 6.42 Å². The zero-order valence-electron chi connectivity index (χ0n) is 10.8. The van der Waals surface area contributed by atoms with Crippen LogP contribution in [0.5, 0.6) is 5.75 Å². The van der Waals surface area contributed by atoms with Crippen LogP contribution in [-0.2, 0) is 4.79 Å². The summed E-state index contributed by atoms with van der Waals surface area (Å²) in [6.45, 7) is 0.318. The molecule has 0 radical (unpaired) electrons. The number of nitrogens with two attached hydrogens (primary N) is 1. The van der Waals surface area contributed by atoms with Crippen LogP contribution in [0.1, 0.15) is 6.42 Å². The van der Waals surface area contributed by atoms with Gasteiger partial charge in [-0.1, -0.05) is 29.8 Å². The van der Waals surface area contributed by atoms with Crippen molar-refractivity contribution < 1.29 is 9.53 Å². The molecule has 0 aromatic heterocycles. The fourth-order valence-corrected chi connectivity index (χ4v) is 1.79. The topological polar surface area (TPSA) is 64.3 Å². The van der Waals surface area contributed by atoms with E-state index in [1.165, 1.54) is 0 Å². The van der Waals surface area contributed by atoms with Crippen LogP contribution >= 0.6 is 11.6 Å². The van der Waals surface area contributed by atoms with Crippen molar-refractivity contribution in [2.75, 3.05) is 17.7 Å². The average Bonchev–Trinajstić information content (AvgIpc) is 2.44. The minimum absolute atomic E-state index is 0.137. The lowest BCUT2D eigenvalue weighted by Crippen LogP contribution is -2.15. The van der Waals surface area contributed by atoms with Gasteiger partial charge in [-0.3, -0.25) is 4.79 Å². The summed E-state index contributed by atoms with van der Waals surface area (Å²) in [5.41, 5.74) is 6.70. The van der Waals surface area contributed by atoms with E-state index >= 15 is 0 Å². The van der Waals surface area contributed by atoms with E-state index in [0.29, 0.717) is 23.0 Å². The molecule has 0 aliphatic carbocycles. The highest BCUT2D eigenvalue weighted by Crippen LogP contribution is 2.22. The summed E-state index contributed by atoms with van der Waals surface area (Å²) in [4.78, 5) is 11.7. The van der Waals surface area contributed by atoms with Crippen LogP contribution in [0.3, 0.4) is 0 Å². The van der Waals surface area contributed by atoms with Gasteiger partial charge in [-0.05, 0) is 30.3 Å². The highest BCUT2D eigenvalue weighted by Gasteiger charge is 2.04. The highest BCUT2D eigenvalue weighted by atomic mass is 35.5. The maximum absolute atomic E-state index is 11.7. The summed E-state index contributed by atoms with van der Waals surface area (Å²) in [7, 11) is 0. The molecule has 5 heteroatoms. The van der Waals surface area contributed by atoms with Crippen molar-refractivity contribution in [2.24, 2.45) is 0 Å². The van der Waals surface area contributed by atoms with Crippen molar-refractivity contribution in [3.05, 3.63) is 53.6 Å². The summed E-state index contributed by atoms with van der Waals surface area (Å²) in [5.74, 6) is 0.609. The number of nitrogen functional groups attached to an aromatic ring is 1. The third kappa shape index (κ3) is 4.17. The SMILES string of the molecule is Nc1ccc(NC(=O)CCOc2ccccc2)cc1Cl. The van der Waals surface area contributed by atoms with Crippen LogP contribution in [0.2, 0.25) is 5.02 Å². The molecule has 4 nitrogen and oxygen atoms in total. The number of rotatable bonds is 5. The molecule has 0 aliphatic rings. The van der Waals surface area contributed by atoms with Crippen molar-refractivity contribution in [3.8, 4) is 5.75 Å². The van der Waals surface area contributed by atoms with Gasteiger partial charge in [-0.2, -0.15) is 0 Å². The molecule has 0 saturated carbocycles. The normalized spacial score (nSPS) is 10.1. The van der Waals surface area contributed by atoms with E-state index < -0.39 is 0 Å². The molecule has 0 saturated heterocycles. The molecule has 0 aliphatic heterocycles. The van der Waals surface area contributed by atoms with Gasteiger partial charge in [0.2, 0.25) is 5.91 Å². The zero-order valence-corrected chi connectivity index (χ0v) is 11.6. The van der Waals surface area contributed by atoms with E-state index in [9.17, 15) is 4.79 Å². The first-order chi connectivity index (χ1) is 9.65. The predicted molar refractivity (Wildman–Crippen MR) is 81.0 cm³/mol. The number of nitrogens with one attached hydrogen (secondary N) is 1. The Bertz CT molecular complexity index is 588. The zero-order chi connectivity index (χ0) is 14.4.